The minimum absolute atomic E-state index is 0.0191. The van der Waals surface area contributed by atoms with Gasteiger partial charge >= 0.3 is 0 Å². The summed E-state index contributed by atoms with van der Waals surface area (Å²) in [7, 11) is 0. The number of aromatic nitrogens is 1. The van der Waals surface area contributed by atoms with E-state index in [0.29, 0.717) is 10.6 Å². The van der Waals surface area contributed by atoms with Crippen LogP contribution in [0, 0.1) is 0 Å². The smallest absolute Gasteiger partial charge is 0.266 e. The van der Waals surface area contributed by atoms with E-state index in [1.807, 2.05) is 32.6 Å². The lowest BCUT2D eigenvalue weighted by molar-refractivity contribution is 0.0650. The van der Waals surface area contributed by atoms with Crippen LogP contribution in [0.15, 0.2) is 6.07 Å². The van der Waals surface area contributed by atoms with E-state index in [1.54, 1.807) is 0 Å². The van der Waals surface area contributed by atoms with Gasteiger partial charge in [-0.05, 0) is 58.6 Å². The average molecular weight is 317 g/mol. The number of anilines is 1. The van der Waals surface area contributed by atoms with E-state index in [0.717, 1.165) is 23.1 Å². The number of carbonyl (C=O) groups excluding carboxylic acids is 1. The molecule has 2 aromatic heterocycles. The van der Waals surface area contributed by atoms with Crippen LogP contribution in [-0.4, -0.2) is 27.9 Å². The number of pyridine rings is 1. The van der Waals surface area contributed by atoms with Gasteiger partial charge in [-0.3, -0.25) is 4.79 Å². The van der Waals surface area contributed by atoms with Gasteiger partial charge in [-0.2, -0.15) is 0 Å². The predicted octanol–water partition coefficient (Wildman–Crippen LogP) is 3.63. The Labute approximate surface area is 135 Å². The van der Waals surface area contributed by atoms with E-state index in [2.05, 4.69) is 6.07 Å². The summed E-state index contributed by atoms with van der Waals surface area (Å²) in [5.74, 6) is 0.0191. The number of hydrogen-bond acceptors (Lipinski definition) is 4. The highest BCUT2D eigenvalue weighted by atomic mass is 32.1. The quantitative estimate of drug-likeness (QED) is 0.940. The molecule has 0 fully saturated rings. The van der Waals surface area contributed by atoms with Crippen molar-refractivity contribution in [2.45, 2.75) is 59.0 Å². The fourth-order valence-corrected chi connectivity index (χ4v) is 4.38. The molecule has 1 aliphatic rings. The molecule has 2 N–H and O–H groups in total. The van der Waals surface area contributed by atoms with Crippen LogP contribution in [0.2, 0.25) is 0 Å². The van der Waals surface area contributed by atoms with E-state index in [1.165, 1.54) is 29.0 Å². The summed E-state index contributed by atoms with van der Waals surface area (Å²) in [6, 6.07) is 2.44. The van der Waals surface area contributed by atoms with Gasteiger partial charge < -0.3 is 10.6 Å². The van der Waals surface area contributed by atoms with Gasteiger partial charge in [0.25, 0.3) is 5.91 Å². The number of nitrogen functional groups attached to an aromatic ring is 1. The number of fused-ring (bicyclic) bond motifs is 2. The molecule has 22 heavy (non-hydrogen) atoms. The fraction of sp³-hybridized carbons (Fsp3) is 0.529. The Morgan fingerprint density at radius 2 is 1.95 bits per heavy atom. The molecular weight excluding hydrogens is 294 g/mol. The monoisotopic (exact) mass is 317 g/mol. The Hall–Kier alpha value is -1.62. The van der Waals surface area contributed by atoms with Gasteiger partial charge in [0.15, 0.2) is 0 Å². The van der Waals surface area contributed by atoms with Crippen molar-refractivity contribution in [3.63, 3.8) is 0 Å². The first-order valence-electron chi connectivity index (χ1n) is 7.93. The summed E-state index contributed by atoms with van der Waals surface area (Å²) in [5, 5.41) is 0.946. The number of hydrogen-bond donors (Lipinski definition) is 1. The zero-order chi connectivity index (χ0) is 16.0. The molecule has 0 aromatic carbocycles. The molecule has 2 heterocycles. The van der Waals surface area contributed by atoms with Crippen LogP contribution in [0.25, 0.3) is 10.2 Å². The Morgan fingerprint density at radius 1 is 1.27 bits per heavy atom. The second-order valence-corrected chi connectivity index (χ2v) is 7.54. The molecule has 0 unspecified atom stereocenters. The largest absolute Gasteiger partial charge is 0.397 e. The minimum atomic E-state index is 0.0191. The molecule has 1 amide bonds. The molecule has 1 aliphatic carbocycles. The summed E-state index contributed by atoms with van der Waals surface area (Å²) in [5.41, 5.74) is 9.36. The molecule has 0 spiro atoms. The lowest BCUT2D eigenvalue weighted by Crippen LogP contribution is -2.41. The molecular formula is C17H23N3OS. The number of nitrogens with zero attached hydrogens (tertiary/aromatic N) is 2. The van der Waals surface area contributed by atoms with E-state index < -0.39 is 0 Å². The number of carbonyl (C=O) groups is 1. The first-order valence-corrected chi connectivity index (χ1v) is 8.75. The zero-order valence-corrected chi connectivity index (χ0v) is 14.5. The van der Waals surface area contributed by atoms with E-state index in [4.69, 9.17) is 10.7 Å². The van der Waals surface area contributed by atoms with Crippen molar-refractivity contribution in [1.29, 1.82) is 0 Å². The molecule has 5 heteroatoms. The highest BCUT2D eigenvalue weighted by molar-refractivity contribution is 7.21. The maximum absolute atomic E-state index is 12.9. The Bertz CT molecular complexity index is 725. The van der Waals surface area contributed by atoms with Crippen LogP contribution in [0.4, 0.5) is 5.69 Å². The zero-order valence-electron chi connectivity index (χ0n) is 13.6. The molecule has 0 bridgehead atoms. The van der Waals surface area contributed by atoms with Gasteiger partial charge in [0.1, 0.15) is 9.71 Å². The number of rotatable bonds is 3. The summed E-state index contributed by atoms with van der Waals surface area (Å²) < 4.78 is 0. The highest BCUT2D eigenvalue weighted by Gasteiger charge is 2.27. The standard InChI is InChI=1S/C17H23N3OS/c1-9(2)20(10(3)4)17(21)15-14(18)12-8-11-6-5-7-13(11)19-16(12)22-15/h8-10H,5-7,18H2,1-4H3. The van der Waals surface area contributed by atoms with Crippen molar-refractivity contribution < 1.29 is 4.79 Å². The molecule has 3 rings (SSSR count). The maximum atomic E-state index is 12.9. The van der Waals surface area contributed by atoms with Crippen molar-refractivity contribution in [1.82, 2.24) is 9.88 Å². The van der Waals surface area contributed by atoms with Gasteiger partial charge in [0, 0.05) is 23.2 Å². The number of thiophene rings is 1. The van der Waals surface area contributed by atoms with Crippen LogP contribution in [0.3, 0.4) is 0 Å². The maximum Gasteiger partial charge on any atom is 0.266 e. The van der Waals surface area contributed by atoms with Crippen molar-refractivity contribution in [3.8, 4) is 0 Å². The third-order valence-electron chi connectivity index (χ3n) is 4.29. The third kappa shape index (κ3) is 2.37. The van der Waals surface area contributed by atoms with Gasteiger partial charge in [0.2, 0.25) is 0 Å². The average Bonchev–Trinajstić information content (AvgIpc) is 3.00. The molecule has 0 saturated heterocycles. The van der Waals surface area contributed by atoms with Crippen molar-refractivity contribution >= 4 is 33.1 Å². The summed E-state index contributed by atoms with van der Waals surface area (Å²) in [6.07, 6.45) is 3.28. The fourth-order valence-electron chi connectivity index (χ4n) is 3.34. The SMILES string of the molecule is CC(C)N(C(=O)c1sc2nc3c(cc2c1N)CCC3)C(C)C. The molecule has 0 aliphatic heterocycles. The van der Waals surface area contributed by atoms with Gasteiger partial charge in [-0.25, -0.2) is 4.98 Å². The first kappa shape index (κ1) is 15.3. The molecule has 118 valence electrons. The van der Waals surface area contributed by atoms with Gasteiger partial charge in [-0.1, -0.05) is 0 Å². The number of aryl methyl sites for hydroxylation is 2. The van der Waals surface area contributed by atoms with E-state index in [-0.39, 0.29) is 18.0 Å². The highest BCUT2D eigenvalue weighted by Crippen LogP contribution is 2.36. The van der Waals surface area contributed by atoms with Crippen LogP contribution >= 0.6 is 11.3 Å². The van der Waals surface area contributed by atoms with Crippen LogP contribution in [0.5, 0.6) is 0 Å². The predicted molar refractivity (Wildman–Crippen MR) is 92.5 cm³/mol. The summed E-state index contributed by atoms with van der Waals surface area (Å²) in [6.45, 7) is 8.14. The number of amides is 1. The Balaban J connectivity index is 2.08. The summed E-state index contributed by atoms with van der Waals surface area (Å²) in [4.78, 5) is 21.1. The van der Waals surface area contributed by atoms with Crippen LogP contribution in [0.1, 0.15) is 55.0 Å². The van der Waals surface area contributed by atoms with Gasteiger partial charge in [0.05, 0.1) is 5.69 Å². The molecule has 4 nitrogen and oxygen atoms in total. The van der Waals surface area contributed by atoms with Crippen LogP contribution < -0.4 is 5.73 Å². The molecule has 0 radical (unpaired) electrons. The van der Waals surface area contributed by atoms with Crippen LogP contribution in [-0.2, 0) is 12.8 Å². The normalized spacial score (nSPS) is 14.1. The summed E-state index contributed by atoms with van der Waals surface area (Å²) >= 11 is 1.43. The lowest BCUT2D eigenvalue weighted by Gasteiger charge is -2.30. The molecule has 0 atom stereocenters. The third-order valence-corrected chi connectivity index (χ3v) is 5.39. The van der Waals surface area contributed by atoms with Crippen molar-refractivity contribution in [2.75, 3.05) is 5.73 Å². The van der Waals surface area contributed by atoms with Crippen molar-refractivity contribution in [2.24, 2.45) is 0 Å². The van der Waals surface area contributed by atoms with E-state index in [9.17, 15) is 4.79 Å². The van der Waals surface area contributed by atoms with E-state index >= 15 is 0 Å². The first-order chi connectivity index (χ1) is 10.4. The second kappa shape index (κ2) is 5.54. The lowest BCUT2D eigenvalue weighted by atomic mass is 10.1. The Morgan fingerprint density at radius 3 is 2.59 bits per heavy atom. The minimum Gasteiger partial charge on any atom is -0.397 e. The number of nitrogens with two attached hydrogens (primary N) is 1. The van der Waals surface area contributed by atoms with Crippen molar-refractivity contribution in [3.05, 3.63) is 22.2 Å². The topological polar surface area (TPSA) is 59.2 Å². The Kier molecular flexibility index (Phi) is 3.85. The molecule has 2 aromatic rings. The molecule has 0 saturated carbocycles. The second-order valence-electron chi connectivity index (χ2n) is 6.55. The van der Waals surface area contributed by atoms with Gasteiger partial charge in [-0.15, -0.1) is 11.3 Å².